The van der Waals surface area contributed by atoms with Gasteiger partial charge in [0.2, 0.25) is 0 Å². The molecule has 2 N–H and O–H groups in total. The van der Waals surface area contributed by atoms with Crippen molar-refractivity contribution in [2.45, 2.75) is 19.8 Å². The Kier molecular flexibility index (Phi) is 3.94. The predicted molar refractivity (Wildman–Crippen MR) is 67.8 cm³/mol. The Morgan fingerprint density at radius 3 is 3.18 bits per heavy atom. The SMILES string of the molecule is Cc1cc(C#N)cc(NCC2CCCNC2)n1. The van der Waals surface area contributed by atoms with Crippen LogP contribution in [0.1, 0.15) is 24.1 Å². The largest absolute Gasteiger partial charge is 0.370 e. The molecule has 4 heteroatoms. The molecule has 1 fully saturated rings. The predicted octanol–water partition coefficient (Wildman–Crippen LogP) is 1.67. The molecule has 0 amide bonds. The number of aromatic nitrogens is 1. The first-order valence-electron chi connectivity index (χ1n) is 6.11. The molecular formula is C13H18N4. The lowest BCUT2D eigenvalue weighted by Crippen LogP contribution is -2.33. The van der Waals surface area contributed by atoms with E-state index < -0.39 is 0 Å². The smallest absolute Gasteiger partial charge is 0.127 e. The highest BCUT2D eigenvalue weighted by Crippen LogP contribution is 2.13. The summed E-state index contributed by atoms with van der Waals surface area (Å²) in [5, 5.41) is 15.6. The Morgan fingerprint density at radius 1 is 1.59 bits per heavy atom. The molecule has 0 aliphatic carbocycles. The van der Waals surface area contributed by atoms with Crippen LogP contribution in [-0.4, -0.2) is 24.6 Å². The van der Waals surface area contributed by atoms with Gasteiger partial charge in [-0.3, -0.25) is 0 Å². The van der Waals surface area contributed by atoms with Crippen molar-refractivity contribution in [3.63, 3.8) is 0 Å². The van der Waals surface area contributed by atoms with Crippen LogP contribution in [0.4, 0.5) is 5.82 Å². The molecule has 0 bridgehead atoms. The van der Waals surface area contributed by atoms with Gasteiger partial charge >= 0.3 is 0 Å². The summed E-state index contributed by atoms with van der Waals surface area (Å²) in [5.74, 6) is 1.48. The van der Waals surface area contributed by atoms with Crippen molar-refractivity contribution in [1.82, 2.24) is 10.3 Å². The minimum absolute atomic E-state index is 0.664. The second kappa shape index (κ2) is 5.65. The fraction of sp³-hybridized carbons (Fsp3) is 0.538. The highest BCUT2D eigenvalue weighted by atomic mass is 15.0. The Bertz CT molecular complexity index is 416. The average molecular weight is 230 g/mol. The molecule has 1 aliphatic heterocycles. The Labute approximate surface area is 102 Å². The van der Waals surface area contributed by atoms with Crippen LogP contribution in [0.3, 0.4) is 0 Å². The maximum Gasteiger partial charge on any atom is 0.127 e. The van der Waals surface area contributed by atoms with Gasteiger partial charge in [-0.25, -0.2) is 4.98 Å². The van der Waals surface area contributed by atoms with Gasteiger partial charge in [-0.15, -0.1) is 0 Å². The second-order valence-electron chi connectivity index (χ2n) is 4.59. The van der Waals surface area contributed by atoms with Gasteiger partial charge in [-0.2, -0.15) is 5.26 Å². The summed E-state index contributed by atoms with van der Waals surface area (Å²) in [6.45, 7) is 5.05. The first-order valence-corrected chi connectivity index (χ1v) is 6.11. The molecule has 1 atom stereocenters. The molecular weight excluding hydrogens is 212 g/mol. The molecule has 2 heterocycles. The Morgan fingerprint density at radius 2 is 2.47 bits per heavy atom. The summed E-state index contributed by atoms with van der Waals surface area (Å²) in [6, 6.07) is 5.76. The maximum absolute atomic E-state index is 8.89. The lowest BCUT2D eigenvalue weighted by Gasteiger charge is -2.23. The van der Waals surface area contributed by atoms with Gasteiger partial charge in [-0.1, -0.05) is 0 Å². The molecule has 1 unspecified atom stereocenters. The molecule has 1 aromatic rings. The van der Waals surface area contributed by atoms with Gasteiger partial charge in [0.25, 0.3) is 0 Å². The number of nitrogens with one attached hydrogen (secondary N) is 2. The van der Waals surface area contributed by atoms with Gasteiger partial charge in [-0.05, 0) is 50.9 Å². The van der Waals surface area contributed by atoms with Crippen LogP contribution < -0.4 is 10.6 Å². The lowest BCUT2D eigenvalue weighted by molar-refractivity contribution is 0.392. The minimum atomic E-state index is 0.664. The van der Waals surface area contributed by atoms with E-state index in [4.69, 9.17) is 5.26 Å². The van der Waals surface area contributed by atoms with Crippen LogP contribution in [0.2, 0.25) is 0 Å². The Hall–Kier alpha value is -1.60. The van der Waals surface area contributed by atoms with Crippen LogP contribution in [-0.2, 0) is 0 Å². The standard InChI is InChI=1S/C13H18N4/c1-10-5-12(7-14)6-13(17-10)16-9-11-3-2-4-15-8-11/h5-6,11,15H,2-4,8-9H2,1H3,(H,16,17). The molecule has 90 valence electrons. The van der Waals surface area contributed by atoms with E-state index in [-0.39, 0.29) is 0 Å². The van der Waals surface area contributed by atoms with E-state index in [1.807, 2.05) is 13.0 Å². The van der Waals surface area contributed by atoms with Crippen molar-refractivity contribution in [2.24, 2.45) is 5.92 Å². The maximum atomic E-state index is 8.89. The number of anilines is 1. The monoisotopic (exact) mass is 230 g/mol. The third-order valence-electron chi connectivity index (χ3n) is 3.05. The quantitative estimate of drug-likeness (QED) is 0.829. The number of pyridine rings is 1. The first-order chi connectivity index (χ1) is 8.28. The molecule has 0 radical (unpaired) electrons. The van der Waals surface area contributed by atoms with Crippen molar-refractivity contribution < 1.29 is 0 Å². The van der Waals surface area contributed by atoms with E-state index >= 15 is 0 Å². The fourth-order valence-corrected chi connectivity index (χ4v) is 2.17. The van der Waals surface area contributed by atoms with Crippen LogP contribution >= 0.6 is 0 Å². The number of hydrogen-bond acceptors (Lipinski definition) is 4. The fourth-order valence-electron chi connectivity index (χ4n) is 2.17. The van der Waals surface area contributed by atoms with Crippen molar-refractivity contribution >= 4 is 5.82 Å². The number of hydrogen-bond donors (Lipinski definition) is 2. The third kappa shape index (κ3) is 3.43. The number of aryl methyl sites for hydroxylation is 1. The summed E-state index contributed by atoms with van der Waals surface area (Å²) in [5.41, 5.74) is 1.55. The van der Waals surface area contributed by atoms with Crippen LogP contribution in [0, 0.1) is 24.2 Å². The molecule has 1 aliphatic rings. The second-order valence-corrected chi connectivity index (χ2v) is 4.59. The van der Waals surface area contributed by atoms with Crippen LogP contribution in [0.15, 0.2) is 12.1 Å². The van der Waals surface area contributed by atoms with E-state index in [1.54, 1.807) is 6.07 Å². The molecule has 17 heavy (non-hydrogen) atoms. The minimum Gasteiger partial charge on any atom is -0.370 e. The molecule has 0 aromatic carbocycles. The van der Waals surface area contributed by atoms with Crippen molar-refractivity contribution in [2.75, 3.05) is 25.0 Å². The number of nitrogens with zero attached hydrogens (tertiary/aromatic N) is 2. The van der Waals surface area contributed by atoms with Gasteiger partial charge in [0, 0.05) is 12.2 Å². The zero-order chi connectivity index (χ0) is 12.1. The summed E-state index contributed by atoms with van der Waals surface area (Å²) < 4.78 is 0. The van der Waals surface area contributed by atoms with E-state index in [0.29, 0.717) is 11.5 Å². The van der Waals surface area contributed by atoms with Crippen molar-refractivity contribution in [3.05, 3.63) is 23.4 Å². The highest BCUT2D eigenvalue weighted by molar-refractivity contribution is 5.44. The summed E-state index contributed by atoms with van der Waals surface area (Å²) >= 11 is 0. The normalized spacial score (nSPS) is 19.6. The molecule has 1 saturated heterocycles. The Balaban J connectivity index is 1.94. The van der Waals surface area contributed by atoms with Crippen LogP contribution in [0.5, 0.6) is 0 Å². The number of nitriles is 1. The van der Waals surface area contributed by atoms with Gasteiger partial charge < -0.3 is 10.6 Å². The van der Waals surface area contributed by atoms with Gasteiger partial charge in [0.05, 0.1) is 11.6 Å². The molecule has 0 spiro atoms. The summed E-state index contributed by atoms with van der Waals surface area (Å²) in [7, 11) is 0. The topological polar surface area (TPSA) is 60.7 Å². The van der Waals surface area contributed by atoms with Gasteiger partial charge in [0.1, 0.15) is 5.82 Å². The van der Waals surface area contributed by atoms with Crippen molar-refractivity contribution in [3.8, 4) is 6.07 Å². The number of piperidine rings is 1. The zero-order valence-electron chi connectivity index (χ0n) is 10.2. The summed E-state index contributed by atoms with van der Waals surface area (Å²) in [4.78, 5) is 4.38. The van der Waals surface area contributed by atoms with Gasteiger partial charge in [0.15, 0.2) is 0 Å². The highest BCUT2D eigenvalue weighted by Gasteiger charge is 2.12. The zero-order valence-corrected chi connectivity index (χ0v) is 10.2. The third-order valence-corrected chi connectivity index (χ3v) is 3.05. The average Bonchev–Trinajstić information content (AvgIpc) is 2.37. The summed E-state index contributed by atoms with van der Waals surface area (Å²) in [6.07, 6.45) is 2.51. The molecule has 2 rings (SSSR count). The van der Waals surface area contributed by atoms with E-state index in [1.165, 1.54) is 12.8 Å². The van der Waals surface area contributed by atoms with Crippen LogP contribution in [0.25, 0.3) is 0 Å². The lowest BCUT2D eigenvalue weighted by atomic mass is 10.00. The molecule has 0 saturated carbocycles. The van der Waals surface area contributed by atoms with E-state index in [0.717, 1.165) is 31.1 Å². The molecule has 1 aromatic heterocycles. The van der Waals surface area contributed by atoms with Crippen molar-refractivity contribution in [1.29, 1.82) is 5.26 Å². The van der Waals surface area contributed by atoms with E-state index in [2.05, 4.69) is 21.7 Å². The number of rotatable bonds is 3. The molecule has 4 nitrogen and oxygen atoms in total. The first kappa shape index (κ1) is 11.9. The van der Waals surface area contributed by atoms with E-state index in [9.17, 15) is 0 Å².